The summed E-state index contributed by atoms with van der Waals surface area (Å²) in [6.07, 6.45) is 1.80. The van der Waals surface area contributed by atoms with Gasteiger partial charge in [0.2, 0.25) is 0 Å². The first-order valence-electron chi connectivity index (χ1n) is 6.34. The molecule has 21 heavy (non-hydrogen) atoms. The van der Waals surface area contributed by atoms with E-state index in [1.54, 1.807) is 18.0 Å². The fourth-order valence-electron chi connectivity index (χ4n) is 2.05. The van der Waals surface area contributed by atoms with Crippen molar-refractivity contribution >= 4 is 55.9 Å². The lowest BCUT2D eigenvalue weighted by atomic mass is 10.2. The zero-order valence-electron chi connectivity index (χ0n) is 11.0. The van der Waals surface area contributed by atoms with Gasteiger partial charge in [0.15, 0.2) is 0 Å². The van der Waals surface area contributed by atoms with Gasteiger partial charge in [0.05, 0.1) is 5.52 Å². The molecule has 0 spiro atoms. The van der Waals surface area contributed by atoms with Crippen molar-refractivity contribution in [2.24, 2.45) is 0 Å². The van der Waals surface area contributed by atoms with Crippen molar-refractivity contribution in [1.82, 2.24) is 4.98 Å². The van der Waals surface area contributed by atoms with Crippen molar-refractivity contribution in [2.75, 3.05) is 5.73 Å². The molecule has 1 heterocycles. The monoisotopic (exact) mass is 378 g/mol. The van der Waals surface area contributed by atoms with Gasteiger partial charge in [-0.2, -0.15) is 0 Å². The molecule has 0 unspecified atom stereocenters. The van der Waals surface area contributed by atoms with Gasteiger partial charge in [-0.25, -0.2) is 0 Å². The van der Waals surface area contributed by atoms with Gasteiger partial charge in [-0.05, 0) is 51.8 Å². The van der Waals surface area contributed by atoms with Crippen molar-refractivity contribution in [3.05, 3.63) is 63.7 Å². The number of fused-ring (bicyclic) bond motifs is 1. The molecule has 2 N–H and O–H groups in total. The van der Waals surface area contributed by atoms with Crippen molar-refractivity contribution < 1.29 is 0 Å². The second-order valence-corrected chi connectivity index (χ2v) is 6.99. The first-order valence-corrected chi connectivity index (χ1v) is 8.50. The lowest BCUT2D eigenvalue weighted by Gasteiger charge is -2.08. The minimum atomic E-state index is 0.745. The van der Waals surface area contributed by atoms with E-state index in [9.17, 15) is 0 Å². The van der Waals surface area contributed by atoms with Crippen LogP contribution in [0.15, 0.2) is 58.0 Å². The van der Waals surface area contributed by atoms with Gasteiger partial charge in [-0.3, -0.25) is 4.98 Å². The van der Waals surface area contributed by atoms with Crippen LogP contribution in [-0.4, -0.2) is 4.98 Å². The summed E-state index contributed by atoms with van der Waals surface area (Å²) in [4.78, 5) is 5.63. The number of hydrogen-bond acceptors (Lipinski definition) is 3. The number of halogens is 2. The van der Waals surface area contributed by atoms with Gasteiger partial charge in [0, 0.05) is 37.4 Å². The molecule has 0 saturated heterocycles. The van der Waals surface area contributed by atoms with Crippen LogP contribution in [0, 0.1) is 0 Å². The zero-order valence-corrected chi connectivity index (χ0v) is 14.2. The number of benzene rings is 2. The third-order valence-electron chi connectivity index (χ3n) is 3.12. The Morgan fingerprint density at radius 2 is 1.90 bits per heavy atom. The molecule has 2 aromatic carbocycles. The van der Waals surface area contributed by atoms with Crippen molar-refractivity contribution in [3.8, 4) is 0 Å². The maximum atomic E-state index is 6.03. The van der Waals surface area contributed by atoms with Crippen LogP contribution >= 0.6 is 39.3 Å². The number of hydrogen-bond donors (Lipinski definition) is 1. The molecule has 0 fully saturated rings. The van der Waals surface area contributed by atoms with E-state index >= 15 is 0 Å². The Hall–Kier alpha value is -1.23. The highest BCUT2D eigenvalue weighted by atomic mass is 79.9. The number of aromatic nitrogens is 1. The van der Waals surface area contributed by atoms with Crippen molar-refractivity contribution in [1.29, 1.82) is 0 Å². The molecule has 0 saturated carbocycles. The average Bonchev–Trinajstić information content (AvgIpc) is 2.49. The highest BCUT2D eigenvalue weighted by Crippen LogP contribution is 2.33. The summed E-state index contributed by atoms with van der Waals surface area (Å²) in [5.74, 6) is 0.869. The molecule has 0 aliphatic rings. The van der Waals surface area contributed by atoms with E-state index in [0.717, 1.165) is 36.7 Å². The van der Waals surface area contributed by atoms with E-state index in [-0.39, 0.29) is 0 Å². The Morgan fingerprint density at radius 3 is 2.67 bits per heavy atom. The second-order valence-electron chi connectivity index (χ2n) is 4.62. The van der Waals surface area contributed by atoms with Crippen molar-refractivity contribution in [3.63, 3.8) is 0 Å². The minimum absolute atomic E-state index is 0.745. The molecule has 0 aliphatic heterocycles. The van der Waals surface area contributed by atoms with E-state index in [1.807, 2.05) is 42.5 Å². The third kappa shape index (κ3) is 3.34. The molecule has 2 nitrogen and oxygen atoms in total. The maximum absolute atomic E-state index is 6.03. The lowest BCUT2D eigenvalue weighted by molar-refractivity contribution is 1.32. The average molecular weight is 380 g/mol. The first-order chi connectivity index (χ1) is 10.1. The molecular formula is C16H12BrClN2S. The van der Waals surface area contributed by atoms with E-state index in [0.29, 0.717) is 0 Å². The summed E-state index contributed by atoms with van der Waals surface area (Å²) in [5.41, 5.74) is 8.95. The van der Waals surface area contributed by atoms with E-state index < -0.39 is 0 Å². The first kappa shape index (κ1) is 14.7. The van der Waals surface area contributed by atoms with Gasteiger partial charge >= 0.3 is 0 Å². The van der Waals surface area contributed by atoms with E-state index in [4.69, 9.17) is 17.3 Å². The van der Waals surface area contributed by atoms with Crippen LogP contribution in [0.4, 0.5) is 5.69 Å². The summed E-state index contributed by atoms with van der Waals surface area (Å²) in [6.45, 7) is 0. The number of nitrogens with two attached hydrogens (primary N) is 1. The molecular weight excluding hydrogens is 368 g/mol. The summed E-state index contributed by atoms with van der Waals surface area (Å²) >= 11 is 11.1. The normalized spacial score (nSPS) is 11.0. The molecule has 0 radical (unpaired) electrons. The fraction of sp³-hybridized carbons (Fsp3) is 0.0625. The van der Waals surface area contributed by atoms with Gasteiger partial charge < -0.3 is 5.73 Å². The van der Waals surface area contributed by atoms with Crippen LogP contribution in [0.1, 0.15) is 5.56 Å². The second kappa shape index (κ2) is 6.26. The Labute approximate surface area is 140 Å². The number of nitrogen functional groups attached to an aromatic ring is 1. The van der Waals surface area contributed by atoms with E-state index in [1.165, 1.54) is 5.56 Å². The number of nitrogens with zero attached hydrogens (tertiary/aromatic N) is 1. The van der Waals surface area contributed by atoms with Crippen LogP contribution in [0.2, 0.25) is 5.02 Å². The standard InChI is InChI=1S/C16H12BrClN2S/c17-11-7-13-14(19)5-6-15(16(13)20-8-11)21-9-10-1-3-12(18)4-2-10/h1-8H,9,19H2. The van der Waals surface area contributed by atoms with Crippen LogP contribution in [0.5, 0.6) is 0 Å². The number of pyridine rings is 1. The molecule has 3 rings (SSSR count). The molecule has 0 bridgehead atoms. The SMILES string of the molecule is Nc1ccc(SCc2ccc(Cl)cc2)c2ncc(Br)cc12. The van der Waals surface area contributed by atoms with Gasteiger partial charge in [0.25, 0.3) is 0 Å². The predicted octanol–water partition coefficient (Wildman–Crippen LogP) is 5.53. The summed E-state index contributed by atoms with van der Waals surface area (Å²) in [6, 6.07) is 13.9. The van der Waals surface area contributed by atoms with Crippen LogP contribution < -0.4 is 5.73 Å². The lowest BCUT2D eigenvalue weighted by Crippen LogP contribution is -1.91. The molecule has 106 valence electrons. The van der Waals surface area contributed by atoms with Gasteiger partial charge in [-0.1, -0.05) is 23.7 Å². The van der Waals surface area contributed by atoms with Gasteiger partial charge in [0.1, 0.15) is 0 Å². The molecule has 0 aliphatic carbocycles. The Morgan fingerprint density at radius 1 is 1.14 bits per heavy atom. The zero-order chi connectivity index (χ0) is 14.8. The summed E-state index contributed by atoms with van der Waals surface area (Å²) in [5, 5.41) is 1.73. The van der Waals surface area contributed by atoms with E-state index in [2.05, 4.69) is 20.9 Å². The highest BCUT2D eigenvalue weighted by Gasteiger charge is 2.07. The molecule has 0 atom stereocenters. The fourth-order valence-corrected chi connectivity index (χ4v) is 3.48. The van der Waals surface area contributed by atoms with Crippen LogP contribution in [0.25, 0.3) is 10.9 Å². The Balaban J connectivity index is 1.90. The summed E-state index contributed by atoms with van der Waals surface area (Å²) in [7, 11) is 0. The number of thioether (sulfide) groups is 1. The maximum Gasteiger partial charge on any atom is 0.0859 e. The largest absolute Gasteiger partial charge is 0.398 e. The van der Waals surface area contributed by atoms with Crippen LogP contribution in [0.3, 0.4) is 0 Å². The molecule has 3 aromatic rings. The smallest absolute Gasteiger partial charge is 0.0859 e. The highest BCUT2D eigenvalue weighted by molar-refractivity contribution is 9.10. The number of anilines is 1. The Kier molecular flexibility index (Phi) is 4.38. The summed E-state index contributed by atoms with van der Waals surface area (Å²) < 4.78 is 0.932. The minimum Gasteiger partial charge on any atom is -0.398 e. The molecule has 5 heteroatoms. The predicted molar refractivity (Wildman–Crippen MR) is 94.9 cm³/mol. The van der Waals surface area contributed by atoms with Gasteiger partial charge in [-0.15, -0.1) is 11.8 Å². The quantitative estimate of drug-likeness (QED) is 0.480. The Bertz CT molecular complexity index is 790. The molecule has 0 amide bonds. The number of rotatable bonds is 3. The van der Waals surface area contributed by atoms with Crippen LogP contribution in [-0.2, 0) is 5.75 Å². The topological polar surface area (TPSA) is 38.9 Å². The molecule has 1 aromatic heterocycles. The third-order valence-corrected chi connectivity index (χ3v) is 4.92. The van der Waals surface area contributed by atoms with Crippen molar-refractivity contribution in [2.45, 2.75) is 10.6 Å².